The lowest BCUT2D eigenvalue weighted by molar-refractivity contribution is 0.0645. The Hall–Kier alpha value is -1.56. The number of benzene rings is 1. The summed E-state index contributed by atoms with van der Waals surface area (Å²) in [6.07, 6.45) is 0. The predicted octanol–water partition coefficient (Wildman–Crippen LogP) is 2.85. The molecule has 1 fully saturated rings. The molecule has 3 rings (SSSR count). The standard InChI is InChI=1S/C15H16ClN3O2.ClH/c1-10-9-17-6-7-19(10)15(20)13-8-14(21-18-13)11-4-2-3-5-12(11)16;/h2-5,8,10,17H,6-7,9H2,1H3;1H/t10-;/m0./s1. The van der Waals surface area contributed by atoms with Crippen molar-refractivity contribution < 1.29 is 9.32 Å². The molecule has 1 aromatic carbocycles. The van der Waals surface area contributed by atoms with Gasteiger partial charge in [0.1, 0.15) is 0 Å². The first-order valence-corrected chi connectivity index (χ1v) is 7.28. The van der Waals surface area contributed by atoms with Crippen molar-refractivity contribution in [3.05, 3.63) is 41.0 Å². The minimum Gasteiger partial charge on any atom is -0.355 e. The average Bonchev–Trinajstić information content (AvgIpc) is 2.97. The van der Waals surface area contributed by atoms with Gasteiger partial charge in [-0.2, -0.15) is 0 Å². The van der Waals surface area contributed by atoms with Gasteiger partial charge in [0.2, 0.25) is 0 Å². The summed E-state index contributed by atoms with van der Waals surface area (Å²) in [5.74, 6) is 0.401. The molecule has 0 unspecified atom stereocenters. The van der Waals surface area contributed by atoms with Gasteiger partial charge in [-0.05, 0) is 19.1 Å². The SMILES string of the molecule is C[C@H]1CNCCN1C(=O)c1cc(-c2ccccc2Cl)on1.Cl. The smallest absolute Gasteiger partial charge is 0.276 e. The predicted molar refractivity (Wildman–Crippen MR) is 87.6 cm³/mol. The number of nitrogens with zero attached hydrogens (tertiary/aromatic N) is 2. The number of aromatic nitrogens is 1. The molecule has 2 heterocycles. The summed E-state index contributed by atoms with van der Waals surface area (Å²) >= 11 is 6.13. The Kier molecular flexibility index (Phi) is 5.45. The van der Waals surface area contributed by atoms with E-state index in [1.807, 2.05) is 30.0 Å². The number of hydrogen-bond acceptors (Lipinski definition) is 4. The minimum atomic E-state index is -0.106. The summed E-state index contributed by atoms with van der Waals surface area (Å²) in [4.78, 5) is 14.3. The normalized spacial score (nSPS) is 17.9. The highest BCUT2D eigenvalue weighted by molar-refractivity contribution is 6.33. The highest BCUT2D eigenvalue weighted by Gasteiger charge is 2.26. The van der Waals surface area contributed by atoms with Crippen LogP contribution in [0, 0.1) is 0 Å². The Balaban J connectivity index is 0.00000176. The fourth-order valence-corrected chi connectivity index (χ4v) is 2.68. The summed E-state index contributed by atoms with van der Waals surface area (Å²) < 4.78 is 5.28. The van der Waals surface area contributed by atoms with Crippen LogP contribution in [0.15, 0.2) is 34.9 Å². The minimum absolute atomic E-state index is 0. The second-order valence-electron chi connectivity index (χ2n) is 5.11. The van der Waals surface area contributed by atoms with Crippen LogP contribution in [0.4, 0.5) is 0 Å². The Labute approximate surface area is 140 Å². The van der Waals surface area contributed by atoms with Gasteiger partial charge >= 0.3 is 0 Å². The van der Waals surface area contributed by atoms with Crippen LogP contribution in [0.3, 0.4) is 0 Å². The largest absolute Gasteiger partial charge is 0.355 e. The Morgan fingerprint density at radius 2 is 2.23 bits per heavy atom. The molecule has 1 N–H and O–H groups in total. The molecule has 7 heteroatoms. The summed E-state index contributed by atoms with van der Waals surface area (Å²) in [5, 5.41) is 7.72. The van der Waals surface area contributed by atoms with Gasteiger partial charge in [0, 0.05) is 37.3 Å². The van der Waals surface area contributed by atoms with Gasteiger partial charge in [0.05, 0.1) is 5.02 Å². The van der Waals surface area contributed by atoms with Crippen molar-refractivity contribution in [3.63, 3.8) is 0 Å². The molecule has 1 atom stereocenters. The first kappa shape index (κ1) is 16.8. The third-order valence-corrected chi connectivity index (χ3v) is 3.96. The molecule has 118 valence electrons. The van der Waals surface area contributed by atoms with E-state index in [-0.39, 0.29) is 24.4 Å². The van der Waals surface area contributed by atoms with E-state index < -0.39 is 0 Å². The number of hydrogen-bond donors (Lipinski definition) is 1. The Bertz CT molecular complexity index is 660. The van der Waals surface area contributed by atoms with E-state index in [4.69, 9.17) is 16.1 Å². The first-order chi connectivity index (χ1) is 10.2. The lowest BCUT2D eigenvalue weighted by Gasteiger charge is -2.33. The maximum atomic E-state index is 12.5. The zero-order valence-electron chi connectivity index (χ0n) is 12.1. The molecule has 1 amide bonds. The third-order valence-electron chi connectivity index (χ3n) is 3.63. The molecule has 5 nitrogen and oxygen atoms in total. The summed E-state index contributed by atoms with van der Waals surface area (Å²) in [5.41, 5.74) is 1.05. The van der Waals surface area contributed by atoms with Gasteiger partial charge in [-0.25, -0.2) is 0 Å². The second kappa shape index (κ2) is 7.13. The van der Waals surface area contributed by atoms with Crippen LogP contribution < -0.4 is 5.32 Å². The topological polar surface area (TPSA) is 58.4 Å². The highest BCUT2D eigenvalue weighted by Crippen LogP contribution is 2.28. The van der Waals surface area contributed by atoms with Crippen molar-refractivity contribution >= 4 is 29.9 Å². The summed E-state index contributed by atoms with van der Waals surface area (Å²) in [6, 6.07) is 9.12. The lowest BCUT2D eigenvalue weighted by atomic mass is 10.1. The van der Waals surface area contributed by atoms with Crippen LogP contribution in [-0.4, -0.2) is 41.6 Å². The maximum Gasteiger partial charge on any atom is 0.276 e. The van der Waals surface area contributed by atoms with Crippen molar-refractivity contribution in [3.8, 4) is 11.3 Å². The second-order valence-corrected chi connectivity index (χ2v) is 5.52. The lowest BCUT2D eigenvalue weighted by Crippen LogP contribution is -2.52. The number of piperazine rings is 1. The molecule has 0 saturated carbocycles. The summed E-state index contributed by atoms with van der Waals surface area (Å²) in [6.45, 7) is 4.28. The van der Waals surface area contributed by atoms with Crippen molar-refractivity contribution in [2.75, 3.05) is 19.6 Å². The van der Waals surface area contributed by atoms with Crippen molar-refractivity contribution in [1.29, 1.82) is 0 Å². The number of nitrogens with one attached hydrogen (secondary N) is 1. The van der Waals surface area contributed by atoms with Gasteiger partial charge in [-0.3, -0.25) is 4.79 Å². The zero-order chi connectivity index (χ0) is 14.8. The molecule has 0 radical (unpaired) electrons. The Morgan fingerprint density at radius 3 is 2.95 bits per heavy atom. The average molecular weight is 342 g/mol. The summed E-state index contributed by atoms with van der Waals surface area (Å²) in [7, 11) is 0. The molecule has 1 aliphatic rings. The van der Waals surface area contributed by atoms with E-state index in [1.54, 1.807) is 12.1 Å². The zero-order valence-corrected chi connectivity index (χ0v) is 13.7. The monoisotopic (exact) mass is 341 g/mol. The molecule has 1 saturated heterocycles. The van der Waals surface area contributed by atoms with Crippen LogP contribution in [-0.2, 0) is 0 Å². The van der Waals surface area contributed by atoms with Crippen LogP contribution >= 0.6 is 24.0 Å². The molecule has 0 aliphatic carbocycles. The highest BCUT2D eigenvalue weighted by atomic mass is 35.5. The maximum absolute atomic E-state index is 12.5. The molecular weight excluding hydrogens is 325 g/mol. The van der Waals surface area contributed by atoms with Gasteiger partial charge in [-0.1, -0.05) is 28.9 Å². The van der Waals surface area contributed by atoms with E-state index in [2.05, 4.69) is 10.5 Å². The number of rotatable bonds is 2. The van der Waals surface area contributed by atoms with Crippen molar-refractivity contribution in [1.82, 2.24) is 15.4 Å². The Morgan fingerprint density at radius 1 is 1.45 bits per heavy atom. The van der Waals surface area contributed by atoms with E-state index in [0.29, 0.717) is 23.0 Å². The van der Waals surface area contributed by atoms with Crippen LogP contribution in [0.2, 0.25) is 5.02 Å². The van der Waals surface area contributed by atoms with E-state index in [0.717, 1.165) is 18.7 Å². The first-order valence-electron chi connectivity index (χ1n) is 6.90. The van der Waals surface area contributed by atoms with Crippen LogP contribution in [0.1, 0.15) is 17.4 Å². The van der Waals surface area contributed by atoms with Gasteiger partial charge < -0.3 is 14.7 Å². The van der Waals surface area contributed by atoms with Gasteiger partial charge in [-0.15, -0.1) is 12.4 Å². The van der Waals surface area contributed by atoms with E-state index in [1.165, 1.54) is 0 Å². The number of amides is 1. The third kappa shape index (κ3) is 3.27. The molecule has 22 heavy (non-hydrogen) atoms. The van der Waals surface area contributed by atoms with Crippen LogP contribution in [0.5, 0.6) is 0 Å². The molecule has 0 spiro atoms. The van der Waals surface area contributed by atoms with Crippen molar-refractivity contribution in [2.24, 2.45) is 0 Å². The molecule has 1 aromatic heterocycles. The van der Waals surface area contributed by atoms with E-state index in [9.17, 15) is 4.79 Å². The quantitative estimate of drug-likeness (QED) is 0.912. The van der Waals surface area contributed by atoms with Crippen LogP contribution in [0.25, 0.3) is 11.3 Å². The fraction of sp³-hybridized carbons (Fsp3) is 0.333. The molecule has 2 aromatic rings. The molecular formula is C15H17Cl2N3O2. The number of carbonyl (C=O) groups excluding carboxylic acids is 1. The van der Waals surface area contributed by atoms with E-state index >= 15 is 0 Å². The van der Waals surface area contributed by atoms with Gasteiger partial charge in [0.15, 0.2) is 11.5 Å². The van der Waals surface area contributed by atoms with Gasteiger partial charge in [0.25, 0.3) is 5.91 Å². The number of halogens is 2. The number of carbonyl (C=O) groups is 1. The van der Waals surface area contributed by atoms with Crippen molar-refractivity contribution in [2.45, 2.75) is 13.0 Å². The molecule has 1 aliphatic heterocycles. The fourth-order valence-electron chi connectivity index (χ4n) is 2.45. The molecule has 0 bridgehead atoms.